The standard InChI is InChI=1S/C15H25NO4/c1-5-10-6-15(7-10)8-11(12(17)18)16(9-15)13(19)20-14(2,3)4/h10-11H,5-9H2,1-4H3,(H,17,18)/t10?,11-,15?/m0/s1. The van der Waals surface area contributed by atoms with Crippen molar-refractivity contribution in [2.45, 2.75) is 65.0 Å². The number of carbonyl (C=O) groups excluding carboxylic acids is 1. The maximum absolute atomic E-state index is 12.2. The van der Waals surface area contributed by atoms with E-state index >= 15 is 0 Å². The lowest BCUT2D eigenvalue weighted by Crippen LogP contribution is -2.44. The van der Waals surface area contributed by atoms with Crippen LogP contribution < -0.4 is 0 Å². The van der Waals surface area contributed by atoms with Crippen molar-refractivity contribution in [2.24, 2.45) is 11.3 Å². The minimum Gasteiger partial charge on any atom is -0.480 e. The van der Waals surface area contributed by atoms with Crippen LogP contribution in [0, 0.1) is 11.3 Å². The molecule has 2 aliphatic rings. The number of ether oxygens (including phenoxy) is 1. The molecule has 0 bridgehead atoms. The van der Waals surface area contributed by atoms with E-state index in [2.05, 4.69) is 6.92 Å². The summed E-state index contributed by atoms with van der Waals surface area (Å²) in [5, 5.41) is 9.36. The molecule has 20 heavy (non-hydrogen) atoms. The molecular weight excluding hydrogens is 258 g/mol. The first-order valence-electron chi connectivity index (χ1n) is 7.38. The molecule has 1 aliphatic heterocycles. The third-order valence-corrected chi connectivity index (χ3v) is 4.44. The number of nitrogens with zero attached hydrogens (tertiary/aromatic N) is 1. The molecule has 0 aromatic rings. The van der Waals surface area contributed by atoms with Gasteiger partial charge in [0.25, 0.3) is 0 Å². The highest BCUT2D eigenvalue weighted by Gasteiger charge is 2.55. The average Bonchev–Trinajstić information content (AvgIpc) is 2.65. The molecule has 2 rings (SSSR count). The number of amides is 1. The number of carboxylic acids is 1. The van der Waals surface area contributed by atoms with Crippen molar-refractivity contribution in [1.82, 2.24) is 4.90 Å². The molecule has 2 fully saturated rings. The quantitative estimate of drug-likeness (QED) is 0.846. The maximum Gasteiger partial charge on any atom is 0.411 e. The molecule has 1 heterocycles. The summed E-state index contributed by atoms with van der Waals surface area (Å²) in [6.45, 7) is 8.07. The fraction of sp³-hybridized carbons (Fsp3) is 0.867. The Morgan fingerprint density at radius 2 is 1.90 bits per heavy atom. The van der Waals surface area contributed by atoms with Gasteiger partial charge in [0.1, 0.15) is 11.6 Å². The molecule has 0 unspecified atom stereocenters. The SMILES string of the molecule is CCC1CC2(C1)C[C@@H](C(=O)O)N(C(=O)OC(C)(C)C)C2. The highest BCUT2D eigenvalue weighted by atomic mass is 16.6. The summed E-state index contributed by atoms with van der Waals surface area (Å²) in [7, 11) is 0. The van der Waals surface area contributed by atoms with Crippen LogP contribution in [0.1, 0.15) is 53.4 Å². The van der Waals surface area contributed by atoms with Gasteiger partial charge in [0, 0.05) is 6.54 Å². The van der Waals surface area contributed by atoms with Gasteiger partial charge in [-0.05, 0) is 51.4 Å². The van der Waals surface area contributed by atoms with Gasteiger partial charge in [-0.15, -0.1) is 0 Å². The van der Waals surface area contributed by atoms with Gasteiger partial charge in [-0.2, -0.15) is 0 Å². The van der Waals surface area contributed by atoms with Crippen LogP contribution in [0.2, 0.25) is 0 Å². The minimum absolute atomic E-state index is 0.0145. The number of carboxylic acid groups (broad SMARTS) is 1. The van der Waals surface area contributed by atoms with E-state index in [9.17, 15) is 14.7 Å². The molecule has 1 N–H and O–H groups in total. The van der Waals surface area contributed by atoms with Crippen LogP contribution in [0.3, 0.4) is 0 Å². The Balaban J connectivity index is 2.07. The zero-order valence-electron chi connectivity index (χ0n) is 12.8. The van der Waals surface area contributed by atoms with E-state index in [0.717, 1.165) is 19.3 Å². The molecule has 1 saturated heterocycles. The summed E-state index contributed by atoms with van der Waals surface area (Å²) in [5.41, 5.74) is -0.581. The van der Waals surface area contributed by atoms with Gasteiger partial charge >= 0.3 is 12.1 Å². The summed E-state index contributed by atoms with van der Waals surface area (Å²) in [6.07, 6.45) is 3.27. The van der Waals surface area contributed by atoms with Crippen molar-refractivity contribution in [3.8, 4) is 0 Å². The fourth-order valence-electron chi connectivity index (χ4n) is 3.54. The van der Waals surface area contributed by atoms with Crippen LogP contribution in [0.25, 0.3) is 0 Å². The second kappa shape index (κ2) is 4.93. The molecule has 1 amide bonds. The van der Waals surface area contributed by atoms with Crippen LogP contribution in [-0.4, -0.2) is 40.3 Å². The Morgan fingerprint density at radius 1 is 1.30 bits per heavy atom. The van der Waals surface area contributed by atoms with E-state index in [1.165, 1.54) is 4.90 Å². The molecular formula is C15H25NO4. The smallest absolute Gasteiger partial charge is 0.411 e. The number of hydrogen-bond acceptors (Lipinski definition) is 3. The van der Waals surface area contributed by atoms with Crippen molar-refractivity contribution >= 4 is 12.1 Å². The van der Waals surface area contributed by atoms with Gasteiger partial charge in [0.2, 0.25) is 0 Å². The first-order chi connectivity index (χ1) is 9.16. The molecule has 0 radical (unpaired) electrons. The van der Waals surface area contributed by atoms with Crippen molar-refractivity contribution in [3.05, 3.63) is 0 Å². The summed E-state index contributed by atoms with van der Waals surface area (Å²) >= 11 is 0. The normalized spacial score (nSPS) is 33.1. The topological polar surface area (TPSA) is 66.8 Å². The van der Waals surface area contributed by atoms with Gasteiger partial charge in [0.15, 0.2) is 0 Å². The van der Waals surface area contributed by atoms with E-state index in [0.29, 0.717) is 18.9 Å². The predicted octanol–water partition coefficient (Wildman–Crippen LogP) is 2.89. The lowest BCUT2D eigenvalue weighted by molar-refractivity contribution is -0.142. The van der Waals surface area contributed by atoms with Crippen LogP contribution in [0.4, 0.5) is 4.79 Å². The molecule has 5 heteroatoms. The molecule has 114 valence electrons. The number of hydrogen-bond donors (Lipinski definition) is 1. The number of aliphatic carboxylic acids is 1. The molecule has 1 spiro atoms. The monoisotopic (exact) mass is 283 g/mol. The Labute approximate surface area is 120 Å². The first-order valence-corrected chi connectivity index (χ1v) is 7.38. The zero-order chi connectivity index (χ0) is 15.1. The molecule has 0 aromatic heterocycles. The molecule has 5 nitrogen and oxygen atoms in total. The summed E-state index contributed by atoms with van der Waals surface area (Å²) in [4.78, 5) is 25.0. The second-order valence-corrected chi connectivity index (χ2v) is 7.35. The fourth-order valence-corrected chi connectivity index (χ4v) is 3.54. The second-order valence-electron chi connectivity index (χ2n) is 7.35. The van der Waals surface area contributed by atoms with Crippen molar-refractivity contribution in [2.75, 3.05) is 6.54 Å². The Bertz CT molecular complexity index is 407. The Hall–Kier alpha value is -1.26. The average molecular weight is 283 g/mol. The highest BCUT2D eigenvalue weighted by molar-refractivity contribution is 5.81. The lowest BCUT2D eigenvalue weighted by Gasteiger charge is -2.45. The molecule has 0 aromatic carbocycles. The largest absolute Gasteiger partial charge is 0.480 e. The number of carbonyl (C=O) groups is 2. The van der Waals surface area contributed by atoms with Gasteiger partial charge < -0.3 is 9.84 Å². The van der Waals surface area contributed by atoms with E-state index in [1.54, 1.807) is 20.8 Å². The molecule has 1 aliphatic carbocycles. The third-order valence-electron chi connectivity index (χ3n) is 4.44. The van der Waals surface area contributed by atoms with Crippen LogP contribution in [0.5, 0.6) is 0 Å². The maximum atomic E-state index is 12.2. The lowest BCUT2D eigenvalue weighted by atomic mass is 9.60. The van der Waals surface area contributed by atoms with Crippen LogP contribution in [-0.2, 0) is 9.53 Å². The van der Waals surface area contributed by atoms with Crippen LogP contribution in [0.15, 0.2) is 0 Å². The predicted molar refractivity (Wildman–Crippen MR) is 74.4 cm³/mol. The number of rotatable bonds is 2. The van der Waals surface area contributed by atoms with Gasteiger partial charge in [-0.1, -0.05) is 13.3 Å². The van der Waals surface area contributed by atoms with Crippen molar-refractivity contribution < 1.29 is 19.4 Å². The first kappa shape index (κ1) is 15.1. The summed E-state index contributed by atoms with van der Waals surface area (Å²) in [5.74, 6) is -0.240. The molecule has 1 saturated carbocycles. The van der Waals surface area contributed by atoms with E-state index in [4.69, 9.17) is 4.74 Å². The van der Waals surface area contributed by atoms with Crippen molar-refractivity contribution in [1.29, 1.82) is 0 Å². The zero-order valence-corrected chi connectivity index (χ0v) is 12.8. The third kappa shape index (κ3) is 2.91. The molecule has 1 atom stereocenters. The Morgan fingerprint density at radius 3 is 2.35 bits per heavy atom. The summed E-state index contributed by atoms with van der Waals surface area (Å²) < 4.78 is 5.34. The van der Waals surface area contributed by atoms with Gasteiger partial charge in [-0.25, -0.2) is 9.59 Å². The van der Waals surface area contributed by atoms with E-state index in [1.807, 2.05) is 0 Å². The van der Waals surface area contributed by atoms with E-state index in [-0.39, 0.29) is 5.41 Å². The van der Waals surface area contributed by atoms with Crippen LogP contribution >= 0.6 is 0 Å². The van der Waals surface area contributed by atoms with Crippen molar-refractivity contribution in [3.63, 3.8) is 0 Å². The minimum atomic E-state index is -0.923. The highest BCUT2D eigenvalue weighted by Crippen LogP contribution is 2.54. The van der Waals surface area contributed by atoms with Gasteiger partial charge in [-0.3, -0.25) is 4.90 Å². The number of likely N-dealkylation sites (tertiary alicyclic amines) is 1. The summed E-state index contributed by atoms with van der Waals surface area (Å²) in [6, 6.07) is -0.734. The Kier molecular flexibility index (Phi) is 3.73. The van der Waals surface area contributed by atoms with Gasteiger partial charge in [0.05, 0.1) is 0 Å². The van der Waals surface area contributed by atoms with E-state index < -0.39 is 23.7 Å².